The van der Waals surface area contributed by atoms with E-state index in [0.29, 0.717) is 0 Å². The van der Waals surface area contributed by atoms with Crippen LogP contribution in [0.5, 0.6) is 0 Å². The number of nitrogens with one attached hydrogen (secondary N) is 1. The van der Waals surface area contributed by atoms with E-state index in [2.05, 4.69) is 9.71 Å². The molecule has 0 atom stereocenters. The van der Waals surface area contributed by atoms with Crippen molar-refractivity contribution in [2.75, 3.05) is 0 Å². The van der Waals surface area contributed by atoms with Crippen molar-refractivity contribution < 1.29 is 12.8 Å². The molecule has 0 saturated carbocycles. The van der Waals surface area contributed by atoms with Crippen LogP contribution >= 0.6 is 0 Å². The molecule has 0 spiro atoms. The van der Waals surface area contributed by atoms with E-state index in [-0.39, 0.29) is 22.3 Å². The molecule has 0 aliphatic carbocycles. The molecule has 0 unspecified atom stereocenters. The van der Waals surface area contributed by atoms with Crippen LogP contribution < -0.4 is 4.72 Å². The van der Waals surface area contributed by atoms with Crippen LogP contribution in [-0.4, -0.2) is 20.3 Å². The number of amidine groups is 1. The molecular weight excluding hydrogens is 303 g/mol. The minimum Gasteiger partial charge on any atom is -0.264 e. The van der Waals surface area contributed by atoms with E-state index in [1.165, 1.54) is 30.3 Å². The van der Waals surface area contributed by atoms with E-state index in [4.69, 9.17) is 0 Å². The van der Waals surface area contributed by atoms with Gasteiger partial charge in [0, 0.05) is 6.04 Å². The molecule has 0 bridgehead atoms. The van der Waals surface area contributed by atoms with Gasteiger partial charge >= 0.3 is 0 Å². The number of nitrogens with zero attached hydrogens (tertiary/aromatic N) is 1. The van der Waals surface area contributed by atoms with E-state index < -0.39 is 15.8 Å². The van der Waals surface area contributed by atoms with Crippen LogP contribution in [0.3, 0.4) is 0 Å². The Morgan fingerprint density at radius 2 is 1.64 bits per heavy atom. The quantitative estimate of drug-likeness (QED) is 0.695. The first-order chi connectivity index (χ1) is 10.4. The highest BCUT2D eigenvalue weighted by atomic mass is 32.2. The van der Waals surface area contributed by atoms with Crippen LogP contribution in [0.15, 0.2) is 64.5 Å². The maximum atomic E-state index is 14.0. The first-order valence-electron chi connectivity index (χ1n) is 6.81. The van der Waals surface area contributed by atoms with Crippen molar-refractivity contribution in [2.24, 2.45) is 4.99 Å². The summed E-state index contributed by atoms with van der Waals surface area (Å²) < 4.78 is 41.1. The Morgan fingerprint density at radius 1 is 1.05 bits per heavy atom. The van der Waals surface area contributed by atoms with Gasteiger partial charge in [-0.2, -0.15) is 0 Å². The minimum absolute atomic E-state index is 0.00282. The molecular formula is C16H17FN2O2S. The highest BCUT2D eigenvalue weighted by Crippen LogP contribution is 2.12. The molecule has 22 heavy (non-hydrogen) atoms. The summed E-state index contributed by atoms with van der Waals surface area (Å²) in [5.74, 6) is -0.533. The summed E-state index contributed by atoms with van der Waals surface area (Å²) in [6.45, 7) is 3.58. The summed E-state index contributed by atoms with van der Waals surface area (Å²) >= 11 is 0. The summed E-state index contributed by atoms with van der Waals surface area (Å²) in [4.78, 5) is 4.30. The summed E-state index contributed by atoms with van der Waals surface area (Å²) in [6, 6.07) is 13.6. The Bertz CT molecular complexity index is 772. The van der Waals surface area contributed by atoms with Gasteiger partial charge in [0.25, 0.3) is 10.0 Å². The van der Waals surface area contributed by atoms with E-state index in [1.54, 1.807) is 38.1 Å². The van der Waals surface area contributed by atoms with Crippen molar-refractivity contribution in [1.82, 2.24) is 4.72 Å². The van der Waals surface area contributed by atoms with E-state index in [9.17, 15) is 12.8 Å². The van der Waals surface area contributed by atoms with Gasteiger partial charge in [0.05, 0.1) is 10.5 Å². The number of sulfonamides is 1. The maximum absolute atomic E-state index is 14.0. The van der Waals surface area contributed by atoms with Crippen molar-refractivity contribution >= 4 is 15.9 Å². The fraction of sp³-hybridized carbons (Fsp3) is 0.188. The summed E-state index contributed by atoms with van der Waals surface area (Å²) in [6.07, 6.45) is 0. The molecule has 116 valence electrons. The van der Waals surface area contributed by atoms with Crippen LogP contribution in [0.4, 0.5) is 4.39 Å². The second kappa shape index (κ2) is 6.70. The topological polar surface area (TPSA) is 58.5 Å². The lowest BCUT2D eigenvalue weighted by molar-refractivity contribution is 0.592. The first-order valence-corrected chi connectivity index (χ1v) is 8.29. The number of hydrogen-bond donors (Lipinski definition) is 1. The van der Waals surface area contributed by atoms with Crippen LogP contribution in [-0.2, 0) is 10.0 Å². The predicted octanol–water partition coefficient (Wildman–Crippen LogP) is 2.96. The number of halogens is 1. The Balaban J connectivity index is 2.43. The second-order valence-electron chi connectivity index (χ2n) is 4.97. The van der Waals surface area contributed by atoms with E-state index in [1.807, 2.05) is 0 Å². The van der Waals surface area contributed by atoms with Gasteiger partial charge in [0.2, 0.25) is 0 Å². The van der Waals surface area contributed by atoms with Crippen molar-refractivity contribution in [2.45, 2.75) is 24.8 Å². The van der Waals surface area contributed by atoms with Gasteiger partial charge in [-0.15, -0.1) is 0 Å². The third-order valence-corrected chi connectivity index (χ3v) is 4.16. The molecule has 2 aromatic rings. The second-order valence-corrected chi connectivity index (χ2v) is 6.65. The van der Waals surface area contributed by atoms with Gasteiger partial charge < -0.3 is 0 Å². The van der Waals surface area contributed by atoms with Gasteiger partial charge in [-0.1, -0.05) is 30.3 Å². The highest BCUT2D eigenvalue weighted by Gasteiger charge is 2.19. The zero-order valence-corrected chi connectivity index (χ0v) is 13.1. The summed E-state index contributed by atoms with van der Waals surface area (Å²) in [5, 5.41) is 0. The average Bonchev–Trinajstić information content (AvgIpc) is 2.47. The van der Waals surface area contributed by atoms with Crippen molar-refractivity contribution in [3.8, 4) is 0 Å². The molecule has 0 aliphatic rings. The molecule has 4 nitrogen and oxygen atoms in total. The number of rotatable bonds is 4. The van der Waals surface area contributed by atoms with E-state index in [0.717, 1.165) is 0 Å². The zero-order valence-electron chi connectivity index (χ0n) is 12.3. The molecule has 0 saturated heterocycles. The van der Waals surface area contributed by atoms with Crippen molar-refractivity contribution in [1.29, 1.82) is 0 Å². The Morgan fingerprint density at radius 3 is 2.23 bits per heavy atom. The van der Waals surface area contributed by atoms with E-state index >= 15 is 0 Å². The molecule has 0 heterocycles. The fourth-order valence-electron chi connectivity index (χ4n) is 1.85. The van der Waals surface area contributed by atoms with Crippen molar-refractivity contribution in [3.05, 3.63) is 66.0 Å². The molecule has 0 radical (unpaired) electrons. The fourth-order valence-corrected chi connectivity index (χ4v) is 2.90. The number of aliphatic imine (C=N–C) groups is 1. The molecule has 2 rings (SSSR count). The van der Waals surface area contributed by atoms with Crippen LogP contribution in [0, 0.1) is 5.82 Å². The smallest absolute Gasteiger partial charge is 0.263 e. The van der Waals surface area contributed by atoms with Crippen LogP contribution in [0.25, 0.3) is 0 Å². The summed E-state index contributed by atoms with van der Waals surface area (Å²) in [5.41, 5.74) is 0.121. The molecule has 0 aliphatic heterocycles. The Labute approximate surface area is 129 Å². The molecule has 1 N–H and O–H groups in total. The molecule has 2 aromatic carbocycles. The molecule has 0 aromatic heterocycles. The van der Waals surface area contributed by atoms with Gasteiger partial charge in [-0.3, -0.25) is 9.71 Å². The highest BCUT2D eigenvalue weighted by molar-refractivity contribution is 7.90. The lowest BCUT2D eigenvalue weighted by atomic mass is 10.2. The van der Waals surface area contributed by atoms with Gasteiger partial charge in [-0.25, -0.2) is 12.8 Å². The minimum atomic E-state index is -3.82. The average molecular weight is 320 g/mol. The van der Waals surface area contributed by atoms with Gasteiger partial charge in [0.1, 0.15) is 11.7 Å². The molecule has 0 fully saturated rings. The normalized spacial score (nSPS) is 12.5. The standard InChI is InChI=1S/C16H17FN2O2S/c1-12(2)18-16(14-10-6-7-11-15(14)17)19-22(20,21)13-8-4-3-5-9-13/h3-12H,1-2H3,(H,18,19). The van der Waals surface area contributed by atoms with Gasteiger partial charge in [0.15, 0.2) is 0 Å². The Kier molecular flexibility index (Phi) is 4.92. The zero-order chi connectivity index (χ0) is 16.2. The number of benzene rings is 2. The SMILES string of the molecule is CC(C)N=C(NS(=O)(=O)c1ccccc1)c1ccccc1F. The number of hydrogen-bond acceptors (Lipinski definition) is 3. The maximum Gasteiger partial charge on any atom is 0.263 e. The largest absolute Gasteiger partial charge is 0.264 e. The lowest BCUT2D eigenvalue weighted by Crippen LogP contribution is -2.32. The first kappa shape index (κ1) is 16.2. The third kappa shape index (κ3) is 3.92. The van der Waals surface area contributed by atoms with Crippen molar-refractivity contribution in [3.63, 3.8) is 0 Å². The summed E-state index contributed by atoms with van der Waals surface area (Å²) in [7, 11) is -3.82. The predicted molar refractivity (Wildman–Crippen MR) is 84.8 cm³/mol. The van der Waals surface area contributed by atoms with Crippen LogP contribution in [0.1, 0.15) is 19.4 Å². The molecule has 0 amide bonds. The third-order valence-electron chi connectivity index (χ3n) is 2.80. The monoisotopic (exact) mass is 320 g/mol. The van der Waals surface area contributed by atoms with Crippen LogP contribution in [0.2, 0.25) is 0 Å². The Hall–Kier alpha value is -2.21. The lowest BCUT2D eigenvalue weighted by Gasteiger charge is -2.13. The molecule has 6 heteroatoms. The van der Waals surface area contributed by atoms with Gasteiger partial charge in [-0.05, 0) is 38.1 Å².